The lowest BCUT2D eigenvalue weighted by molar-refractivity contribution is 0.0960. The molecule has 18 heavy (non-hydrogen) atoms. The summed E-state index contributed by atoms with van der Waals surface area (Å²) in [5.41, 5.74) is 6.29. The molecular formula is C12H16N2O2S2. The second-order valence-electron chi connectivity index (χ2n) is 3.66. The van der Waals surface area contributed by atoms with Crippen LogP contribution in [0, 0.1) is 18.8 Å². The van der Waals surface area contributed by atoms with Crippen molar-refractivity contribution in [1.82, 2.24) is 5.32 Å². The summed E-state index contributed by atoms with van der Waals surface area (Å²) in [6, 6.07) is 1.81. The Hall–Kier alpha value is -1.16. The van der Waals surface area contributed by atoms with Crippen molar-refractivity contribution in [2.75, 3.05) is 25.1 Å². The van der Waals surface area contributed by atoms with Gasteiger partial charge in [0, 0.05) is 29.4 Å². The summed E-state index contributed by atoms with van der Waals surface area (Å²) < 4.78 is 10.9. The van der Waals surface area contributed by atoms with Crippen molar-refractivity contribution in [1.29, 1.82) is 0 Å². The molecule has 0 bridgehead atoms. The predicted molar refractivity (Wildman–Crippen MR) is 76.3 cm³/mol. The number of carbonyl (C=O) groups is 1. The van der Waals surface area contributed by atoms with E-state index in [2.05, 4.69) is 17.2 Å². The molecule has 0 radical (unpaired) electrons. The fourth-order valence-corrected chi connectivity index (χ4v) is 2.60. The number of nitrogens with two attached hydrogens (primary N) is 1. The van der Waals surface area contributed by atoms with Gasteiger partial charge in [0.2, 0.25) is 0 Å². The van der Waals surface area contributed by atoms with E-state index in [1.165, 1.54) is 11.3 Å². The fourth-order valence-electron chi connectivity index (χ4n) is 1.24. The molecule has 0 saturated carbocycles. The van der Waals surface area contributed by atoms with Crippen LogP contribution in [0.2, 0.25) is 0 Å². The van der Waals surface area contributed by atoms with Gasteiger partial charge in [-0.25, -0.2) is 0 Å². The highest BCUT2D eigenvalue weighted by molar-refractivity contribution is 7.84. The first-order valence-corrected chi connectivity index (χ1v) is 7.96. The predicted octanol–water partition coefficient (Wildman–Crippen LogP) is 0.475. The van der Waals surface area contributed by atoms with Crippen LogP contribution in [0.25, 0.3) is 0 Å². The van der Waals surface area contributed by atoms with Crippen LogP contribution in [0.1, 0.15) is 20.1 Å². The molecule has 1 rings (SSSR count). The van der Waals surface area contributed by atoms with Crippen LogP contribution in [0.4, 0.5) is 0 Å². The Morgan fingerprint density at radius 3 is 2.94 bits per heavy atom. The molecule has 1 aromatic rings. The average molecular weight is 284 g/mol. The average Bonchev–Trinajstić information content (AvgIpc) is 2.67. The Labute approximate surface area is 113 Å². The molecular weight excluding hydrogens is 268 g/mol. The summed E-state index contributed by atoms with van der Waals surface area (Å²) in [5.74, 6) is 6.03. The highest BCUT2D eigenvalue weighted by Gasteiger charge is 2.10. The van der Waals surface area contributed by atoms with Gasteiger partial charge in [-0.1, -0.05) is 11.8 Å². The van der Waals surface area contributed by atoms with Gasteiger partial charge < -0.3 is 11.1 Å². The Kier molecular flexibility index (Phi) is 6.05. The van der Waals surface area contributed by atoms with Gasteiger partial charge in [-0.05, 0) is 18.6 Å². The Balaban J connectivity index is 2.66. The summed E-state index contributed by atoms with van der Waals surface area (Å²) in [6.07, 6.45) is 1.61. The number of hydrogen-bond donors (Lipinski definition) is 2. The smallest absolute Gasteiger partial charge is 0.261 e. The van der Waals surface area contributed by atoms with E-state index in [1.807, 2.05) is 13.0 Å². The molecule has 4 nitrogen and oxygen atoms in total. The van der Waals surface area contributed by atoms with Crippen LogP contribution in [0.15, 0.2) is 6.07 Å². The number of rotatable bonds is 4. The number of thiophene rings is 1. The Morgan fingerprint density at radius 2 is 2.33 bits per heavy atom. The normalized spacial score (nSPS) is 11.5. The van der Waals surface area contributed by atoms with E-state index < -0.39 is 10.8 Å². The van der Waals surface area contributed by atoms with Crippen molar-refractivity contribution < 1.29 is 9.00 Å². The fraction of sp³-hybridized carbons (Fsp3) is 0.417. The third kappa shape index (κ3) is 4.61. The molecule has 0 aromatic carbocycles. The summed E-state index contributed by atoms with van der Waals surface area (Å²) in [5, 5.41) is 2.73. The van der Waals surface area contributed by atoms with E-state index in [0.717, 1.165) is 10.4 Å². The zero-order valence-electron chi connectivity index (χ0n) is 10.4. The lowest BCUT2D eigenvalue weighted by atomic mass is 10.2. The van der Waals surface area contributed by atoms with E-state index >= 15 is 0 Å². The van der Waals surface area contributed by atoms with Crippen LogP contribution < -0.4 is 11.1 Å². The monoisotopic (exact) mass is 284 g/mol. The topological polar surface area (TPSA) is 72.2 Å². The maximum absolute atomic E-state index is 11.8. The molecule has 6 heteroatoms. The third-order valence-electron chi connectivity index (χ3n) is 2.12. The lowest BCUT2D eigenvalue weighted by Gasteiger charge is -2.00. The molecule has 0 aliphatic heterocycles. The molecule has 3 N–H and O–H groups in total. The van der Waals surface area contributed by atoms with Gasteiger partial charge in [0.25, 0.3) is 5.91 Å². The number of hydrogen-bond acceptors (Lipinski definition) is 4. The molecule has 1 atom stereocenters. The zero-order valence-corrected chi connectivity index (χ0v) is 12.0. The molecule has 0 aliphatic carbocycles. The largest absolute Gasteiger partial charge is 0.350 e. The van der Waals surface area contributed by atoms with Crippen molar-refractivity contribution in [3.8, 4) is 11.8 Å². The van der Waals surface area contributed by atoms with Gasteiger partial charge in [0.15, 0.2) is 0 Å². The third-order valence-corrected chi connectivity index (χ3v) is 4.05. The van der Waals surface area contributed by atoms with Gasteiger partial charge >= 0.3 is 0 Å². The maximum atomic E-state index is 11.8. The summed E-state index contributed by atoms with van der Waals surface area (Å²) in [6.45, 7) is 2.64. The standard InChI is InChI=1S/C12H16N2O2S2/c1-9-8-11(17-10(9)4-3-5-13)12(15)14-6-7-18(2)16/h8H,5-7,13H2,1-2H3,(H,14,15). The molecule has 0 spiro atoms. The van der Waals surface area contributed by atoms with E-state index in [-0.39, 0.29) is 5.91 Å². The number of aryl methyl sites for hydroxylation is 1. The quantitative estimate of drug-likeness (QED) is 0.790. The summed E-state index contributed by atoms with van der Waals surface area (Å²) in [7, 11) is -0.889. The maximum Gasteiger partial charge on any atom is 0.261 e. The first kappa shape index (κ1) is 14.9. The number of nitrogens with one attached hydrogen (secondary N) is 1. The van der Waals surface area contributed by atoms with Gasteiger partial charge in [-0.15, -0.1) is 11.3 Å². The van der Waals surface area contributed by atoms with Crippen molar-refractivity contribution >= 4 is 28.0 Å². The first-order valence-electron chi connectivity index (χ1n) is 5.42. The second kappa shape index (κ2) is 7.31. The molecule has 0 aliphatic rings. The highest BCUT2D eigenvalue weighted by atomic mass is 32.2. The van der Waals surface area contributed by atoms with Crippen LogP contribution in [-0.2, 0) is 10.8 Å². The molecule has 1 unspecified atom stereocenters. The summed E-state index contributed by atoms with van der Waals surface area (Å²) >= 11 is 1.35. The van der Waals surface area contributed by atoms with E-state index in [9.17, 15) is 9.00 Å². The van der Waals surface area contributed by atoms with Crippen LogP contribution >= 0.6 is 11.3 Å². The van der Waals surface area contributed by atoms with Gasteiger partial charge in [0.05, 0.1) is 16.3 Å². The lowest BCUT2D eigenvalue weighted by Crippen LogP contribution is -2.26. The van der Waals surface area contributed by atoms with Crippen molar-refractivity contribution in [3.63, 3.8) is 0 Å². The number of amides is 1. The minimum Gasteiger partial charge on any atom is -0.350 e. The van der Waals surface area contributed by atoms with Crippen molar-refractivity contribution in [3.05, 3.63) is 21.4 Å². The van der Waals surface area contributed by atoms with E-state index in [0.29, 0.717) is 23.7 Å². The molecule has 98 valence electrons. The van der Waals surface area contributed by atoms with Crippen LogP contribution in [0.3, 0.4) is 0 Å². The number of carbonyl (C=O) groups excluding carboxylic acids is 1. The minimum atomic E-state index is -0.889. The van der Waals surface area contributed by atoms with E-state index in [1.54, 1.807) is 6.26 Å². The Bertz CT molecular complexity index is 512. The van der Waals surface area contributed by atoms with Gasteiger partial charge in [0.1, 0.15) is 0 Å². The van der Waals surface area contributed by atoms with Crippen LogP contribution in [0.5, 0.6) is 0 Å². The minimum absolute atomic E-state index is 0.144. The van der Waals surface area contributed by atoms with Crippen molar-refractivity contribution in [2.45, 2.75) is 6.92 Å². The molecule has 1 heterocycles. The van der Waals surface area contributed by atoms with Crippen molar-refractivity contribution in [2.24, 2.45) is 5.73 Å². The summed E-state index contributed by atoms with van der Waals surface area (Å²) in [4.78, 5) is 13.3. The Morgan fingerprint density at radius 1 is 1.61 bits per heavy atom. The SMILES string of the molecule is Cc1cc(C(=O)NCCS(C)=O)sc1C#CCN. The zero-order chi connectivity index (χ0) is 13.5. The molecule has 0 saturated heterocycles. The molecule has 1 amide bonds. The molecule has 1 aromatic heterocycles. The van der Waals surface area contributed by atoms with E-state index in [4.69, 9.17) is 5.73 Å². The molecule has 0 fully saturated rings. The second-order valence-corrected chi connectivity index (χ2v) is 6.27. The van der Waals surface area contributed by atoms with Crippen LogP contribution in [-0.4, -0.2) is 35.2 Å². The highest BCUT2D eigenvalue weighted by Crippen LogP contribution is 2.20. The van der Waals surface area contributed by atoms with Gasteiger partial charge in [-0.2, -0.15) is 0 Å². The van der Waals surface area contributed by atoms with Gasteiger partial charge in [-0.3, -0.25) is 9.00 Å². The first-order chi connectivity index (χ1) is 8.54.